The van der Waals surface area contributed by atoms with Crippen molar-refractivity contribution in [3.63, 3.8) is 0 Å². The lowest BCUT2D eigenvalue weighted by Gasteiger charge is -2.00. The van der Waals surface area contributed by atoms with Crippen molar-refractivity contribution in [3.8, 4) is 0 Å². The molecule has 70 valence electrons. The van der Waals surface area contributed by atoms with Gasteiger partial charge in [-0.25, -0.2) is 0 Å². The number of carbonyl (C=O) groups is 3. The molecule has 0 unspecified atom stereocenters. The van der Waals surface area contributed by atoms with E-state index in [1.54, 1.807) is 0 Å². The van der Waals surface area contributed by atoms with Crippen molar-refractivity contribution in [3.05, 3.63) is 0 Å². The Bertz CT molecular complexity index is 155. The number of rotatable bonds is 3. The van der Waals surface area contributed by atoms with Crippen LogP contribution in [-0.2, 0) is 14.4 Å². The Morgan fingerprint density at radius 3 is 1.17 bits per heavy atom. The fourth-order valence-corrected chi connectivity index (χ4v) is 0.204. The van der Waals surface area contributed by atoms with E-state index in [0.29, 0.717) is 0 Å². The van der Waals surface area contributed by atoms with Crippen LogP contribution in [0.5, 0.6) is 0 Å². The molecule has 0 heterocycles. The molecule has 0 saturated heterocycles. The van der Waals surface area contributed by atoms with Crippen molar-refractivity contribution < 1.29 is 29.7 Å². The zero-order valence-corrected chi connectivity index (χ0v) is 6.36. The maximum absolute atomic E-state index is 9.50. The molecule has 0 aliphatic rings. The summed E-state index contributed by atoms with van der Waals surface area (Å²) in [5.41, 5.74) is 0. The first-order chi connectivity index (χ1) is 5.36. The van der Waals surface area contributed by atoms with E-state index in [0.717, 1.165) is 6.92 Å². The van der Waals surface area contributed by atoms with E-state index in [4.69, 9.17) is 9.90 Å². The molecule has 0 aromatic carbocycles. The summed E-state index contributed by atoms with van der Waals surface area (Å²) in [6.07, 6.45) is -0.940. The van der Waals surface area contributed by atoms with Crippen LogP contribution in [0.4, 0.5) is 0 Å². The zero-order valence-electron chi connectivity index (χ0n) is 6.36. The summed E-state index contributed by atoms with van der Waals surface area (Å²) in [5.74, 6) is -3.82. The Balaban J connectivity index is 0. The minimum absolute atomic E-state index is 0.470. The molecule has 0 rings (SSSR count). The van der Waals surface area contributed by atoms with Crippen LogP contribution in [-0.4, -0.2) is 17.9 Å². The number of carboxylic acids is 3. The second-order valence-electron chi connectivity index (χ2n) is 1.74. The van der Waals surface area contributed by atoms with Crippen LogP contribution in [0.25, 0.3) is 0 Å². The Morgan fingerprint density at radius 1 is 0.917 bits per heavy atom. The third-order valence-electron chi connectivity index (χ3n) is 0.533. The second-order valence-corrected chi connectivity index (χ2v) is 1.74. The number of aliphatic carboxylic acids is 3. The molecule has 0 spiro atoms. The monoisotopic (exact) mass is 175 g/mol. The summed E-state index contributed by atoms with van der Waals surface area (Å²) in [6.45, 7) is 0.972. The van der Waals surface area contributed by atoms with E-state index < -0.39 is 30.7 Å². The molecule has 0 aromatic heterocycles. The highest BCUT2D eigenvalue weighted by Gasteiger charge is 1.85. The molecular formula is C6H7O6-3. The molecule has 0 atom stereocenters. The van der Waals surface area contributed by atoms with E-state index >= 15 is 0 Å². The Labute approximate surface area is 68.4 Å². The van der Waals surface area contributed by atoms with Crippen LogP contribution in [0.2, 0.25) is 0 Å². The molecule has 0 fully saturated rings. The normalized spacial score (nSPS) is 7.75. The van der Waals surface area contributed by atoms with Gasteiger partial charge in [-0.15, -0.1) is 0 Å². The first-order valence-corrected chi connectivity index (χ1v) is 2.93. The van der Waals surface area contributed by atoms with Gasteiger partial charge in [0, 0.05) is 17.9 Å². The smallest absolute Gasteiger partial charge is 0.0418 e. The summed E-state index contributed by atoms with van der Waals surface area (Å²) >= 11 is 0. The molecule has 12 heavy (non-hydrogen) atoms. The highest BCUT2D eigenvalue weighted by Crippen LogP contribution is 1.81. The van der Waals surface area contributed by atoms with Gasteiger partial charge in [0.2, 0.25) is 0 Å². The third-order valence-corrected chi connectivity index (χ3v) is 0.533. The van der Waals surface area contributed by atoms with Gasteiger partial charge < -0.3 is 29.7 Å². The number of carbonyl (C=O) groups excluding carboxylic acids is 3. The molecule has 0 saturated carbocycles. The lowest BCUT2D eigenvalue weighted by atomic mass is 10.3. The van der Waals surface area contributed by atoms with E-state index in [1.807, 2.05) is 0 Å². The molecule has 0 bridgehead atoms. The molecule has 0 aliphatic heterocycles. The van der Waals surface area contributed by atoms with Gasteiger partial charge in [-0.05, 0) is 19.8 Å². The fraction of sp³-hybridized carbons (Fsp3) is 0.500. The van der Waals surface area contributed by atoms with Gasteiger partial charge >= 0.3 is 0 Å². The Kier molecular flexibility index (Phi) is 8.16. The third kappa shape index (κ3) is 39.7. The van der Waals surface area contributed by atoms with Crippen molar-refractivity contribution in [2.45, 2.75) is 19.8 Å². The van der Waals surface area contributed by atoms with Crippen LogP contribution in [0.3, 0.4) is 0 Å². The maximum atomic E-state index is 9.50. The SMILES string of the molecule is CC(=O)[O-].O=C([O-])CCC(=O)[O-]. The van der Waals surface area contributed by atoms with Crippen LogP contribution in [0.1, 0.15) is 19.8 Å². The Morgan fingerprint density at radius 2 is 1.08 bits per heavy atom. The van der Waals surface area contributed by atoms with E-state index in [1.165, 1.54) is 0 Å². The van der Waals surface area contributed by atoms with Crippen molar-refractivity contribution in [2.24, 2.45) is 0 Å². The topological polar surface area (TPSA) is 120 Å². The molecular weight excluding hydrogens is 168 g/mol. The van der Waals surface area contributed by atoms with Gasteiger partial charge in [-0.3, -0.25) is 0 Å². The van der Waals surface area contributed by atoms with E-state index in [-0.39, 0.29) is 0 Å². The van der Waals surface area contributed by atoms with Gasteiger partial charge in [0.05, 0.1) is 0 Å². The first kappa shape index (κ1) is 13.0. The van der Waals surface area contributed by atoms with Crippen molar-refractivity contribution >= 4 is 17.9 Å². The van der Waals surface area contributed by atoms with Crippen molar-refractivity contribution in [2.75, 3.05) is 0 Å². The maximum Gasteiger partial charge on any atom is 0.0418 e. The van der Waals surface area contributed by atoms with Gasteiger partial charge in [-0.2, -0.15) is 0 Å². The largest absolute Gasteiger partial charge is 0.550 e. The zero-order chi connectivity index (χ0) is 10.1. The minimum atomic E-state index is -1.37. The molecule has 0 aromatic rings. The van der Waals surface area contributed by atoms with E-state index in [2.05, 4.69) is 0 Å². The molecule has 0 radical (unpaired) electrons. The summed E-state index contributed by atoms with van der Waals surface area (Å²) in [4.78, 5) is 27.9. The summed E-state index contributed by atoms with van der Waals surface area (Å²) < 4.78 is 0. The van der Waals surface area contributed by atoms with Gasteiger partial charge in [0.15, 0.2) is 0 Å². The summed E-state index contributed by atoms with van der Waals surface area (Å²) in [5, 5.41) is 27.9. The molecule has 6 nitrogen and oxygen atoms in total. The van der Waals surface area contributed by atoms with Gasteiger partial charge in [-0.1, -0.05) is 0 Å². The van der Waals surface area contributed by atoms with Gasteiger partial charge in [0.1, 0.15) is 0 Å². The number of hydrogen-bond acceptors (Lipinski definition) is 6. The first-order valence-electron chi connectivity index (χ1n) is 2.93. The van der Waals surface area contributed by atoms with Crippen LogP contribution in [0, 0.1) is 0 Å². The van der Waals surface area contributed by atoms with Crippen LogP contribution < -0.4 is 15.3 Å². The van der Waals surface area contributed by atoms with Crippen LogP contribution >= 0.6 is 0 Å². The number of carboxylic acid groups (broad SMARTS) is 3. The second kappa shape index (κ2) is 7.52. The lowest BCUT2D eigenvalue weighted by Crippen LogP contribution is -2.27. The van der Waals surface area contributed by atoms with Crippen LogP contribution in [0.15, 0.2) is 0 Å². The Hall–Kier alpha value is -1.59. The molecule has 0 aliphatic carbocycles. The van der Waals surface area contributed by atoms with Crippen molar-refractivity contribution in [1.29, 1.82) is 0 Å². The highest BCUT2D eigenvalue weighted by molar-refractivity contribution is 5.72. The van der Waals surface area contributed by atoms with Crippen molar-refractivity contribution in [1.82, 2.24) is 0 Å². The summed E-state index contributed by atoms with van der Waals surface area (Å²) in [7, 11) is 0. The highest BCUT2D eigenvalue weighted by atomic mass is 16.4. The molecule has 0 amide bonds. The average Bonchev–Trinajstić information content (AvgIpc) is 1.82. The molecule has 6 heteroatoms. The standard InChI is InChI=1S/C4H6O4.C2H4O2/c5-3(6)1-2-4(7)8;1-2(3)4/h1-2H2,(H,5,6)(H,7,8);1H3,(H,3,4)/p-3. The predicted molar refractivity (Wildman–Crippen MR) is 29.9 cm³/mol. The number of hydrogen-bond donors (Lipinski definition) is 0. The lowest BCUT2D eigenvalue weighted by molar-refractivity contribution is -0.315. The quantitative estimate of drug-likeness (QED) is 0.431. The average molecular weight is 175 g/mol. The van der Waals surface area contributed by atoms with Gasteiger partial charge in [0.25, 0.3) is 0 Å². The summed E-state index contributed by atoms with van der Waals surface area (Å²) in [6, 6.07) is 0. The van der Waals surface area contributed by atoms with E-state index in [9.17, 15) is 19.8 Å². The predicted octanol–water partition coefficient (Wildman–Crippen LogP) is -3.98. The minimum Gasteiger partial charge on any atom is -0.550 e. The molecule has 0 N–H and O–H groups in total. The fourth-order valence-electron chi connectivity index (χ4n) is 0.204.